The van der Waals surface area contributed by atoms with Gasteiger partial charge in [0.15, 0.2) is 11.5 Å². The molecular weight excluding hydrogens is 396 g/mol. The summed E-state index contributed by atoms with van der Waals surface area (Å²) >= 11 is 1.67. The monoisotopic (exact) mass is 412 g/mol. The summed E-state index contributed by atoms with van der Waals surface area (Å²) in [5.74, 6) is 2.39. The molecule has 0 fully saturated rings. The standard InChI is InChI=1S/C23H16N4O2S/c1-2-4-17-15(3-1)8-16(11-24-17)21-9-18-22(30-21)23(27-12-26-18)25-10-14-5-6-19-20(7-14)29-13-28-19/h1-9,11-12H,10,13H2,(H,25,26,27). The summed E-state index contributed by atoms with van der Waals surface area (Å²) in [6.45, 7) is 0.911. The largest absolute Gasteiger partial charge is 0.454 e. The highest BCUT2D eigenvalue weighted by Crippen LogP contribution is 2.37. The third-order valence-corrected chi connectivity index (χ3v) is 6.26. The molecule has 0 bridgehead atoms. The number of thiophene rings is 1. The predicted octanol–water partition coefficient (Wildman–Crippen LogP) is 5.25. The molecule has 3 aromatic heterocycles. The van der Waals surface area contributed by atoms with Crippen molar-refractivity contribution >= 4 is 38.3 Å². The number of ether oxygens (including phenoxy) is 2. The minimum atomic E-state index is 0.278. The molecule has 6 rings (SSSR count). The van der Waals surface area contributed by atoms with Gasteiger partial charge in [-0.15, -0.1) is 11.3 Å². The second-order valence-electron chi connectivity index (χ2n) is 7.01. The van der Waals surface area contributed by atoms with E-state index in [4.69, 9.17) is 9.47 Å². The average molecular weight is 412 g/mol. The third-order valence-electron chi connectivity index (χ3n) is 5.08. The Morgan fingerprint density at radius 2 is 1.83 bits per heavy atom. The Balaban J connectivity index is 1.31. The van der Waals surface area contributed by atoms with E-state index in [1.54, 1.807) is 17.7 Å². The maximum atomic E-state index is 5.46. The van der Waals surface area contributed by atoms with E-state index in [0.717, 1.165) is 54.4 Å². The summed E-state index contributed by atoms with van der Waals surface area (Å²) in [4.78, 5) is 14.6. The quantitative estimate of drug-likeness (QED) is 0.435. The van der Waals surface area contributed by atoms with Crippen LogP contribution in [0.2, 0.25) is 0 Å². The molecule has 7 heteroatoms. The number of benzene rings is 2. The highest BCUT2D eigenvalue weighted by Gasteiger charge is 2.14. The van der Waals surface area contributed by atoms with Crippen molar-refractivity contribution in [1.82, 2.24) is 15.0 Å². The highest BCUT2D eigenvalue weighted by molar-refractivity contribution is 7.22. The van der Waals surface area contributed by atoms with Gasteiger partial charge in [-0.05, 0) is 35.9 Å². The number of rotatable bonds is 4. The van der Waals surface area contributed by atoms with Gasteiger partial charge in [-0.25, -0.2) is 9.97 Å². The Kier molecular flexibility index (Phi) is 3.99. The maximum absolute atomic E-state index is 5.46. The molecule has 1 aliphatic heterocycles. The van der Waals surface area contributed by atoms with E-state index in [2.05, 4.69) is 38.5 Å². The molecule has 0 spiro atoms. The molecule has 0 atom stereocenters. The van der Waals surface area contributed by atoms with Crippen LogP contribution in [0, 0.1) is 0 Å². The first-order chi connectivity index (χ1) is 14.8. The number of nitrogens with one attached hydrogen (secondary N) is 1. The summed E-state index contributed by atoms with van der Waals surface area (Å²) < 4.78 is 11.9. The first kappa shape index (κ1) is 17.2. The van der Waals surface area contributed by atoms with Crippen molar-refractivity contribution in [2.75, 3.05) is 12.1 Å². The van der Waals surface area contributed by atoms with Crippen molar-refractivity contribution < 1.29 is 9.47 Å². The van der Waals surface area contributed by atoms with Crippen molar-refractivity contribution in [2.45, 2.75) is 6.54 Å². The number of fused-ring (bicyclic) bond motifs is 3. The Morgan fingerprint density at radius 1 is 0.900 bits per heavy atom. The number of nitrogens with zero attached hydrogens (tertiary/aromatic N) is 3. The lowest BCUT2D eigenvalue weighted by atomic mass is 10.1. The molecule has 1 N–H and O–H groups in total. The van der Waals surface area contributed by atoms with E-state index < -0.39 is 0 Å². The Labute approximate surface area is 176 Å². The molecule has 0 aliphatic carbocycles. The fraction of sp³-hybridized carbons (Fsp3) is 0.0870. The molecule has 0 unspecified atom stereocenters. The van der Waals surface area contributed by atoms with Crippen molar-refractivity contribution in [1.29, 1.82) is 0 Å². The first-order valence-electron chi connectivity index (χ1n) is 9.56. The number of anilines is 1. The number of pyridine rings is 1. The zero-order valence-electron chi connectivity index (χ0n) is 15.8. The maximum Gasteiger partial charge on any atom is 0.231 e. The Hall–Kier alpha value is -3.71. The number of para-hydroxylation sites is 1. The van der Waals surface area contributed by atoms with E-state index in [-0.39, 0.29) is 6.79 Å². The van der Waals surface area contributed by atoms with E-state index in [0.29, 0.717) is 6.54 Å². The molecule has 2 aromatic carbocycles. The van der Waals surface area contributed by atoms with Gasteiger partial charge in [0, 0.05) is 28.6 Å². The lowest BCUT2D eigenvalue weighted by molar-refractivity contribution is 0.174. The smallest absolute Gasteiger partial charge is 0.231 e. The van der Waals surface area contributed by atoms with Crippen LogP contribution in [-0.2, 0) is 6.54 Å². The second kappa shape index (κ2) is 6.96. The molecule has 1 aliphatic rings. The van der Waals surface area contributed by atoms with Gasteiger partial charge in [0.05, 0.1) is 15.7 Å². The van der Waals surface area contributed by atoms with Gasteiger partial charge in [0.25, 0.3) is 0 Å². The molecule has 146 valence electrons. The van der Waals surface area contributed by atoms with Crippen LogP contribution in [0.4, 0.5) is 5.82 Å². The van der Waals surface area contributed by atoms with Crippen molar-refractivity contribution in [3.63, 3.8) is 0 Å². The van der Waals surface area contributed by atoms with Crippen LogP contribution in [0.5, 0.6) is 11.5 Å². The summed E-state index contributed by atoms with van der Waals surface area (Å²) in [7, 11) is 0. The Morgan fingerprint density at radius 3 is 2.83 bits per heavy atom. The van der Waals surface area contributed by atoms with Crippen LogP contribution >= 0.6 is 11.3 Å². The number of aromatic nitrogens is 3. The Bertz CT molecular complexity index is 1400. The van der Waals surface area contributed by atoms with E-state index in [1.807, 2.05) is 42.6 Å². The third kappa shape index (κ3) is 3.00. The highest BCUT2D eigenvalue weighted by atomic mass is 32.1. The fourth-order valence-corrected chi connectivity index (χ4v) is 4.62. The predicted molar refractivity (Wildman–Crippen MR) is 118 cm³/mol. The summed E-state index contributed by atoms with van der Waals surface area (Å²) in [6.07, 6.45) is 3.51. The van der Waals surface area contributed by atoms with Crippen LogP contribution in [0.3, 0.4) is 0 Å². The summed E-state index contributed by atoms with van der Waals surface area (Å²) in [5, 5.41) is 4.56. The molecule has 0 radical (unpaired) electrons. The van der Waals surface area contributed by atoms with Crippen molar-refractivity contribution in [3.8, 4) is 21.9 Å². The first-order valence-corrected chi connectivity index (χ1v) is 10.4. The summed E-state index contributed by atoms with van der Waals surface area (Å²) in [5.41, 5.74) is 4.10. The number of hydrogen-bond acceptors (Lipinski definition) is 7. The lowest BCUT2D eigenvalue weighted by Gasteiger charge is -2.07. The minimum absolute atomic E-state index is 0.278. The van der Waals surface area contributed by atoms with E-state index >= 15 is 0 Å². The van der Waals surface area contributed by atoms with Gasteiger partial charge in [0.2, 0.25) is 6.79 Å². The molecule has 30 heavy (non-hydrogen) atoms. The summed E-state index contributed by atoms with van der Waals surface area (Å²) in [6, 6.07) is 18.4. The van der Waals surface area contributed by atoms with Gasteiger partial charge in [-0.1, -0.05) is 24.3 Å². The van der Waals surface area contributed by atoms with Gasteiger partial charge < -0.3 is 14.8 Å². The van der Waals surface area contributed by atoms with Crippen molar-refractivity contribution in [3.05, 3.63) is 72.7 Å². The molecule has 4 heterocycles. The van der Waals surface area contributed by atoms with Gasteiger partial charge >= 0.3 is 0 Å². The fourth-order valence-electron chi connectivity index (χ4n) is 3.57. The average Bonchev–Trinajstić information content (AvgIpc) is 3.44. The van der Waals surface area contributed by atoms with Gasteiger partial charge in [-0.3, -0.25) is 4.98 Å². The topological polar surface area (TPSA) is 69.2 Å². The van der Waals surface area contributed by atoms with Crippen LogP contribution in [0.1, 0.15) is 5.56 Å². The normalized spacial score (nSPS) is 12.5. The zero-order valence-corrected chi connectivity index (χ0v) is 16.6. The zero-order chi connectivity index (χ0) is 19.9. The van der Waals surface area contributed by atoms with E-state index in [9.17, 15) is 0 Å². The van der Waals surface area contributed by atoms with Crippen molar-refractivity contribution in [2.24, 2.45) is 0 Å². The molecule has 0 saturated carbocycles. The van der Waals surface area contributed by atoms with Crippen LogP contribution < -0.4 is 14.8 Å². The van der Waals surface area contributed by atoms with Gasteiger partial charge in [-0.2, -0.15) is 0 Å². The molecule has 0 amide bonds. The SMILES string of the molecule is c1ccc2ncc(-c3cc4ncnc(NCc5ccc6c(c5)OCO6)c4s3)cc2c1. The molecule has 0 saturated heterocycles. The van der Waals surface area contributed by atoms with Crippen LogP contribution in [-0.4, -0.2) is 21.7 Å². The van der Waals surface area contributed by atoms with Crippen LogP contribution in [0.15, 0.2) is 67.1 Å². The lowest BCUT2D eigenvalue weighted by Crippen LogP contribution is -2.01. The van der Waals surface area contributed by atoms with Gasteiger partial charge in [0.1, 0.15) is 12.1 Å². The minimum Gasteiger partial charge on any atom is -0.454 e. The van der Waals surface area contributed by atoms with E-state index in [1.165, 1.54) is 0 Å². The second-order valence-corrected chi connectivity index (χ2v) is 8.06. The number of hydrogen-bond donors (Lipinski definition) is 1. The molecule has 6 nitrogen and oxygen atoms in total. The van der Waals surface area contributed by atoms with Crippen LogP contribution in [0.25, 0.3) is 31.6 Å². The molecule has 5 aromatic rings. The molecular formula is C23H16N4O2S.